The molecular formula is C26H24O6. The first kappa shape index (κ1) is 22.6. The van der Waals surface area contributed by atoms with Crippen molar-refractivity contribution < 1.29 is 28.9 Å². The highest BCUT2D eigenvalue weighted by Crippen LogP contribution is 2.27. The Bertz CT molecular complexity index is 1080. The zero-order chi connectivity index (χ0) is 22.9. The number of allylic oxidation sites excluding steroid dienone is 1. The highest BCUT2D eigenvalue weighted by Gasteiger charge is 2.06. The van der Waals surface area contributed by atoms with Crippen molar-refractivity contribution in [1.82, 2.24) is 0 Å². The molecule has 0 heterocycles. The first-order valence-electron chi connectivity index (χ1n) is 9.99. The van der Waals surface area contributed by atoms with Gasteiger partial charge in [0.05, 0.1) is 14.2 Å². The van der Waals surface area contributed by atoms with Gasteiger partial charge in [0.15, 0.2) is 6.29 Å². The van der Waals surface area contributed by atoms with Crippen LogP contribution in [0.5, 0.6) is 23.0 Å². The third kappa shape index (κ3) is 6.22. The number of methoxy groups -OCH3 is 2. The van der Waals surface area contributed by atoms with Crippen molar-refractivity contribution in [3.05, 3.63) is 83.4 Å². The summed E-state index contributed by atoms with van der Waals surface area (Å²) in [7, 11) is 3.15. The van der Waals surface area contributed by atoms with Gasteiger partial charge in [-0.3, -0.25) is 9.59 Å². The van der Waals surface area contributed by atoms with E-state index >= 15 is 0 Å². The molecule has 0 aliphatic rings. The molecule has 0 fully saturated rings. The lowest BCUT2D eigenvalue weighted by atomic mass is 10.0. The first-order valence-corrected chi connectivity index (χ1v) is 9.99. The molecule has 164 valence electrons. The lowest BCUT2D eigenvalue weighted by molar-refractivity contribution is -0.136. The molecule has 0 spiro atoms. The second kappa shape index (κ2) is 10.8. The summed E-state index contributed by atoms with van der Waals surface area (Å²) in [4.78, 5) is 22.4. The van der Waals surface area contributed by atoms with E-state index in [2.05, 4.69) is 0 Å². The van der Waals surface area contributed by atoms with Gasteiger partial charge in [0, 0.05) is 18.1 Å². The van der Waals surface area contributed by atoms with Gasteiger partial charge in [0.1, 0.15) is 23.0 Å². The molecule has 0 amide bonds. The molecule has 6 heteroatoms. The van der Waals surface area contributed by atoms with Crippen LogP contribution in [0.4, 0.5) is 0 Å². The van der Waals surface area contributed by atoms with Gasteiger partial charge in [-0.05, 0) is 65.6 Å². The van der Waals surface area contributed by atoms with Crippen LogP contribution in [0.3, 0.4) is 0 Å². The number of aryl methyl sites for hydroxylation is 1. The van der Waals surface area contributed by atoms with E-state index in [1.54, 1.807) is 50.6 Å². The van der Waals surface area contributed by atoms with Crippen LogP contribution >= 0.6 is 0 Å². The Hall–Kier alpha value is -4.06. The van der Waals surface area contributed by atoms with E-state index in [0.29, 0.717) is 35.0 Å². The molecule has 0 bridgehead atoms. The Morgan fingerprint density at radius 1 is 0.844 bits per heavy atom. The van der Waals surface area contributed by atoms with E-state index in [0.717, 1.165) is 23.0 Å². The van der Waals surface area contributed by atoms with Gasteiger partial charge in [-0.2, -0.15) is 0 Å². The molecule has 0 atom stereocenters. The molecule has 0 radical (unpaired) electrons. The average molecular weight is 432 g/mol. The number of carbonyl (C=O) groups excluding carboxylic acids is 1. The zero-order valence-electron chi connectivity index (χ0n) is 17.9. The molecule has 1 N–H and O–H groups in total. The van der Waals surface area contributed by atoms with E-state index in [1.807, 2.05) is 36.4 Å². The van der Waals surface area contributed by atoms with Crippen LogP contribution in [-0.2, 0) is 16.0 Å². The summed E-state index contributed by atoms with van der Waals surface area (Å²) >= 11 is 0. The molecule has 0 aromatic heterocycles. The molecule has 0 aliphatic heterocycles. The quantitative estimate of drug-likeness (QED) is 0.268. The van der Waals surface area contributed by atoms with Gasteiger partial charge in [-0.25, -0.2) is 0 Å². The highest BCUT2D eigenvalue weighted by atomic mass is 16.5. The number of aldehydes is 1. The summed E-state index contributed by atoms with van der Waals surface area (Å²) in [5.74, 6) is 1.73. The van der Waals surface area contributed by atoms with E-state index < -0.39 is 5.97 Å². The van der Waals surface area contributed by atoms with Crippen molar-refractivity contribution >= 4 is 23.9 Å². The predicted molar refractivity (Wildman–Crippen MR) is 122 cm³/mol. The summed E-state index contributed by atoms with van der Waals surface area (Å²) in [5.41, 5.74) is 2.98. The first-order chi connectivity index (χ1) is 15.5. The molecule has 6 nitrogen and oxygen atoms in total. The lowest BCUT2D eigenvalue weighted by Crippen LogP contribution is -1.97. The fourth-order valence-corrected chi connectivity index (χ4v) is 3.10. The second-order valence-corrected chi connectivity index (χ2v) is 7.03. The molecule has 3 aromatic carbocycles. The van der Waals surface area contributed by atoms with Crippen LogP contribution in [0.2, 0.25) is 0 Å². The maximum Gasteiger partial charge on any atom is 0.303 e. The Kier molecular flexibility index (Phi) is 7.65. The number of benzene rings is 3. The van der Waals surface area contributed by atoms with Crippen molar-refractivity contribution in [3.63, 3.8) is 0 Å². The van der Waals surface area contributed by atoms with Crippen LogP contribution in [-0.4, -0.2) is 31.6 Å². The van der Waals surface area contributed by atoms with Crippen LogP contribution in [0.1, 0.15) is 23.1 Å². The Labute approximate surface area is 186 Å². The Morgan fingerprint density at radius 3 is 1.91 bits per heavy atom. The number of rotatable bonds is 10. The summed E-state index contributed by atoms with van der Waals surface area (Å²) in [6.07, 6.45) is 3.14. The van der Waals surface area contributed by atoms with Gasteiger partial charge < -0.3 is 19.3 Å². The molecule has 0 aliphatic carbocycles. The molecule has 0 saturated heterocycles. The van der Waals surface area contributed by atoms with Crippen LogP contribution in [0, 0.1) is 0 Å². The number of hydrogen-bond donors (Lipinski definition) is 1. The summed E-state index contributed by atoms with van der Waals surface area (Å²) in [5, 5.41) is 8.77. The van der Waals surface area contributed by atoms with Crippen LogP contribution in [0.15, 0.2) is 66.7 Å². The minimum absolute atomic E-state index is 0.0940. The van der Waals surface area contributed by atoms with Gasteiger partial charge in [-0.15, -0.1) is 0 Å². The molecule has 32 heavy (non-hydrogen) atoms. The minimum Gasteiger partial charge on any atom is -0.497 e. The Morgan fingerprint density at radius 2 is 1.41 bits per heavy atom. The van der Waals surface area contributed by atoms with Crippen LogP contribution in [0.25, 0.3) is 11.6 Å². The maximum absolute atomic E-state index is 11.7. The van der Waals surface area contributed by atoms with E-state index in [9.17, 15) is 9.59 Å². The molecule has 0 unspecified atom stereocenters. The number of carbonyl (C=O) groups is 2. The monoisotopic (exact) mass is 432 g/mol. The number of carboxylic acids is 1. The maximum atomic E-state index is 11.7. The van der Waals surface area contributed by atoms with E-state index in [4.69, 9.17) is 19.3 Å². The van der Waals surface area contributed by atoms with Crippen molar-refractivity contribution in [2.75, 3.05) is 14.2 Å². The van der Waals surface area contributed by atoms with Crippen LogP contribution < -0.4 is 14.2 Å². The molecular weight excluding hydrogens is 408 g/mol. The van der Waals surface area contributed by atoms with E-state index in [-0.39, 0.29) is 6.42 Å². The third-order valence-corrected chi connectivity index (χ3v) is 4.80. The van der Waals surface area contributed by atoms with Crippen molar-refractivity contribution in [3.8, 4) is 23.0 Å². The fraction of sp³-hybridized carbons (Fsp3) is 0.154. The van der Waals surface area contributed by atoms with Gasteiger partial charge in [-0.1, -0.05) is 24.3 Å². The summed E-state index contributed by atoms with van der Waals surface area (Å²) in [6.45, 7) is 0. The second-order valence-electron chi connectivity index (χ2n) is 7.03. The van der Waals surface area contributed by atoms with Gasteiger partial charge in [0.25, 0.3) is 0 Å². The lowest BCUT2D eigenvalue weighted by Gasteiger charge is -2.09. The van der Waals surface area contributed by atoms with Gasteiger partial charge >= 0.3 is 5.97 Å². The van der Waals surface area contributed by atoms with Gasteiger partial charge in [0.2, 0.25) is 0 Å². The van der Waals surface area contributed by atoms with Crippen molar-refractivity contribution in [1.29, 1.82) is 0 Å². The normalized spacial score (nSPS) is 11.0. The highest BCUT2D eigenvalue weighted by molar-refractivity contribution is 6.13. The molecule has 0 saturated carbocycles. The zero-order valence-corrected chi connectivity index (χ0v) is 17.9. The SMILES string of the molecule is COc1cc(/C=C(/C=O)c2ccc(Oc3ccc(CCC(=O)O)cc3)cc2)cc(OC)c1. The van der Waals surface area contributed by atoms with E-state index in [1.165, 1.54) is 0 Å². The topological polar surface area (TPSA) is 82.1 Å². The summed E-state index contributed by atoms with van der Waals surface area (Å²) < 4.78 is 16.4. The summed E-state index contributed by atoms with van der Waals surface area (Å²) in [6, 6.07) is 19.9. The average Bonchev–Trinajstić information content (AvgIpc) is 2.82. The standard InChI is InChI=1S/C26H24O6/c1-30-24-14-19(15-25(16-24)31-2)13-21(17-27)20-6-10-23(11-7-20)32-22-8-3-18(4-9-22)5-12-26(28)29/h3-4,6-11,13-17H,5,12H2,1-2H3,(H,28,29)/b21-13-. The third-order valence-electron chi connectivity index (χ3n) is 4.80. The Balaban J connectivity index is 1.73. The molecule has 3 rings (SSSR count). The smallest absolute Gasteiger partial charge is 0.303 e. The predicted octanol–water partition coefficient (Wildman–Crippen LogP) is 5.25. The number of carboxylic acid groups (broad SMARTS) is 1. The minimum atomic E-state index is -0.820. The molecule has 3 aromatic rings. The number of aliphatic carboxylic acids is 1. The number of hydrogen-bond acceptors (Lipinski definition) is 5. The number of ether oxygens (including phenoxy) is 3. The van der Waals surface area contributed by atoms with Crippen molar-refractivity contribution in [2.45, 2.75) is 12.8 Å². The fourth-order valence-electron chi connectivity index (χ4n) is 3.10. The largest absolute Gasteiger partial charge is 0.497 e. The van der Waals surface area contributed by atoms with Crippen molar-refractivity contribution in [2.24, 2.45) is 0 Å².